The van der Waals surface area contributed by atoms with Gasteiger partial charge in [-0.1, -0.05) is 183 Å². The van der Waals surface area contributed by atoms with Crippen LogP contribution in [0.2, 0.25) is 0 Å². The molecule has 1 aromatic heterocycles. The van der Waals surface area contributed by atoms with E-state index in [0.717, 1.165) is 22.5 Å². The van der Waals surface area contributed by atoms with Gasteiger partial charge in [-0.2, -0.15) is 0 Å². The van der Waals surface area contributed by atoms with Crippen molar-refractivity contribution >= 4 is 27.6 Å². The van der Waals surface area contributed by atoms with Gasteiger partial charge in [0, 0.05) is 21.9 Å². The molecule has 0 radical (unpaired) electrons. The first kappa shape index (κ1) is 29.9. The van der Waals surface area contributed by atoms with E-state index >= 15 is 0 Å². The maximum atomic E-state index is 5.47. The number of aliphatic imine (C=N–C) groups is 1. The Morgan fingerprint density at radius 3 is 2.14 bits per heavy atom. The monoisotopic (exact) mass is 644 g/mol. The number of amidine groups is 1. The highest BCUT2D eigenvalue weighted by molar-refractivity contribution is 6.13. The van der Waals surface area contributed by atoms with Crippen molar-refractivity contribution in [1.82, 2.24) is 15.2 Å². The zero-order chi connectivity index (χ0) is 33.5. The molecule has 2 aliphatic rings. The first-order chi connectivity index (χ1) is 24.8. The highest BCUT2D eigenvalue weighted by Crippen LogP contribution is 2.57. The zero-order valence-corrected chi connectivity index (χ0v) is 27.6. The minimum Gasteiger partial charge on any atom is -0.350 e. The molecule has 4 nitrogen and oxygen atoms in total. The Hall–Kier alpha value is -6.23. The van der Waals surface area contributed by atoms with Crippen LogP contribution < -0.4 is 10.6 Å². The number of rotatable bonds is 7. The van der Waals surface area contributed by atoms with Gasteiger partial charge in [-0.05, 0) is 33.9 Å². The Balaban J connectivity index is 1.39. The van der Waals surface area contributed by atoms with E-state index in [4.69, 9.17) is 4.99 Å². The largest absolute Gasteiger partial charge is 0.350 e. The van der Waals surface area contributed by atoms with E-state index in [0.29, 0.717) is 0 Å². The van der Waals surface area contributed by atoms with Crippen LogP contribution in [0.3, 0.4) is 0 Å². The van der Waals surface area contributed by atoms with Crippen LogP contribution in [0.5, 0.6) is 0 Å². The third kappa shape index (κ3) is 4.68. The van der Waals surface area contributed by atoms with E-state index < -0.39 is 11.7 Å². The molecule has 0 spiro atoms. The van der Waals surface area contributed by atoms with Crippen LogP contribution in [0.1, 0.15) is 40.3 Å². The summed E-state index contributed by atoms with van der Waals surface area (Å²) in [7, 11) is 0. The van der Waals surface area contributed by atoms with Gasteiger partial charge in [0.05, 0.1) is 16.4 Å². The molecule has 0 amide bonds. The molecule has 6 aromatic carbocycles. The van der Waals surface area contributed by atoms with Crippen molar-refractivity contribution in [3.05, 3.63) is 216 Å². The lowest BCUT2D eigenvalue weighted by molar-refractivity contribution is 0.341. The Bertz CT molecular complexity index is 2460. The fourth-order valence-corrected chi connectivity index (χ4v) is 8.01. The summed E-state index contributed by atoms with van der Waals surface area (Å²) >= 11 is 0. The van der Waals surface area contributed by atoms with Crippen molar-refractivity contribution in [2.45, 2.75) is 17.9 Å². The predicted octanol–water partition coefficient (Wildman–Crippen LogP) is 10.2. The van der Waals surface area contributed by atoms with Crippen molar-refractivity contribution in [2.24, 2.45) is 4.99 Å². The van der Waals surface area contributed by atoms with Gasteiger partial charge in [-0.3, -0.25) is 5.32 Å². The molecule has 240 valence electrons. The normalized spacial score (nSPS) is 19.8. The van der Waals surface area contributed by atoms with Crippen molar-refractivity contribution < 1.29 is 0 Å². The third-order valence-electron chi connectivity index (χ3n) is 10.1. The second-order valence-electron chi connectivity index (χ2n) is 12.8. The third-order valence-corrected chi connectivity index (χ3v) is 10.1. The van der Waals surface area contributed by atoms with Crippen LogP contribution in [-0.4, -0.2) is 10.4 Å². The Kier molecular flexibility index (Phi) is 7.37. The lowest BCUT2D eigenvalue weighted by atomic mass is 9.71. The number of fused-ring (bicyclic) bond motifs is 7. The highest BCUT2D eigenvalue weighted by Gasteiger charge is 2.45. The van der Waals surface area contributed by atoms with Crippen LogP contribution in [-0.2, 0) is 5.41 Å². The molecule has 50 heavy (non-hydrogen) atoms. The minimum atomic E-state index is -0.567. The summed E-state index contributed by atoms with van der Waals surface area (Å²) in [6.45, 7) is 3.91. The maximum absolute atomic E-state index is 5.47. The number of hydrogen-bond acceptors (Lipinski definition) is 3. The molecule has 1 aliphatic heterocycles. The van der Waals surface area contributed by atoms with Crippen molar-refractivity contribution in [3.63, 3.8) is 0 Å². The van der Waals surface area contributed by atoms with Gasteiger partial charge in [0.2, 0.25) is 0 Å². The zero-order valence-electron chi connectivity index (χ0n) is 27.6. The number of benzene rings is 6. The Morgan fingerprint density at radius 1 is 0.640 bits per heavy atom. The number of hydrogen-bond donors (Lipinski definition) is 2. The molecule has 3 unspecified atom stereocenters. The molecule has 2 heterocycles. The molecular weight excluding hydrogens is 609 g/mol. The van der Waals surface area contributed by atoms with Crippen LogP contribution >= 0.6 is 0 Å². The SMILES string of the molecule is C=C/C=C\C=C\C1(c2ccccc2)c2ccccc2-c2ccc3c4ccccc4n(C4N=C(c5ccccc5)NC(c5ccccc5)N4)c3c21. The molecule has 0 saturated carbocycles. The van der Waals surface area contributed by atoms with E-state index in [2.05, 4.69) is 186 Å². The van der Waals surface area contributed by atoms with Gasteiger partial charge in [0.1, 0.15) is 12.0 Å². The molecule has 2 N–H and O–H groups in total. The molecular formula is C46H36N4. The summed E-state index contributed by atoms with van der Waals surface area (Å²) < 4.78 is 2.44. The molecule has 0 saturated heterocycles. The fraction of sp³-hybridized carbons (Fsp3) is 0.0652. The van der Waals surface area contributed by atoms with Crippen molar-refractivity contribution in [3.8, 4) is 11.1 Å². The summed E-state index contributed by atoms with van der Waals surface area (Å²) in [5.41, 5.74) is 10.2. The van der Waals surface area contributed by atoms with Crippen LogP contribution in [0, 0.1) is 0 Å². The van der Waals surface area contributed by atoms with Gasteiger partial charge in [-0.25, -0.2) is 4.99 Å². The highest BCUT2D eigenvalue weighted by atomic mass is 15.4. The Morgan fingerprint density at radius 2 is 1.34 bits per heavy atom. The van der Waals surface area contributed by atoms with E-state index in [-0.39, 0.29) is 6.17 Å². The average Bonchev–Trinajstić information content (AvgIpc) is 3.68. The summed E-state index contributed by atoms with van der Waals surface area (Å²) in [6.07, 6.45) is 9.84. The molecule has 3 atom stereocenters. The van der Waals surface area contributed by atoms with Gasteiger partial charge >= 0.3 is 0 Å². The van der Waals surface area contributed by atoms with E-state index in [1.165, 1.54) is 44.1 Å². The first-order valence-corrected chi connectivity index (χ1v) is 17.2. The molecule has 4 heteroatoms. The smallest absolute Gasteiger partial charge is 0.184 e. The van der Waals surface area contributed by atoms with Crippen molar-refractivity contribution in [2.75, 3.05) is 0 Å². The van der Waals surface area contributed by atoms with E-state index in [9.17, 15) is 0 Å². The maximum Gasteiger partial charge on any atom is 0.184 e. The Labute approximate surface area is 292 Å². The summed E-state index contributed by atoms with van der Waals surface area (Å²) in [5, 5.41) is 10.0. The van der Waals surface area contributed by atoms with Crippen molar-refractivity contribution in [1.29, 1.82) is 0 Å². The minimum absolute atomic E-state index is 0.165. The van der Waals surface area contributed by atoms with Gasteiger partial charge in [0.25, 0.3) is 0 Å². The topological polar surface area (TPSA) is 41.4 Å². The number of para-hydroxylation sites is 1. The first-order valence-electron chi connectivity index (χ1n) is 17.2. The van der Waals surface area contributed by atoms with Crippen LogP contribution in [0.4, 0.5) is 0 Å². The number of aromatic nitrogens is 1. The molecule has 7 aromatic rings. The lowest BCUT2D eigenvalue weighted by Gasteiger charge is -2.35. The van der Waals surface area contributed by atoms with Crippen LogP contribution in [0.15, 0.2) is 194 Å². The summed E-state index contributed by atoms with van der Waals surface area (Å²) in [6, 6.07) is 54.2. The fourth-order valence-electron chi connectivity index (χ4n) is 8.01. The summed E-state index contributed by atoms with van der Waals surface area (Å²) in [5.74, 6) is 0.855. The van der Waals surface area contributed by atoms with Crippen LogP contribution in [0.25, 0.3) is 32.9 Å². The molecule has 0 fully saturated rings. The second kappa shape index (κ2) is 12.3. The van der Waals surface area contributed by atoms with Gasteiger partial charge in [-0.15, -0.1) is 0 Å². The molecule has 9 rings (SSSR count). The predicted molar refractivity (Wildman–Crippen MR) is 207 cm³/mol. The van der Waals surface area contributed by atoms with E-state index in [1.807, 2.05) is 18.2 Å². The van der Waals surface area contributed by atoms with E-state index in [1.54, 1.807) is 0 Å². The average molecular weight is 645 g/mol. The number of nitrogens with zero attached hydrogens (tertiary/aromatic N) is 2. The second-order valence-corrected chi connectivity index (χ2v) is 12.8. The molecule has 1 aliphatic carbocycles. The number of nitrogens with one attached hydrogen (secondary N) is 2. The number of allylic oxidation sites excluding steroid dienone is 5. The molecule has 0 bridgehead atoms. The standard InChI is InChI=1S/C46H36N4/c1-2-3-4-18-31-46(34-23-12-7-13-24-34)39-27-16-14-25-35(39)37-29-30-38-36-26-15-17-28-40(36)50(42(38)41(37)46)45-48-43(32-19-8-5-9-20-32)47-44(49-45)33-21-10-6-11-22-33/h2-31,43,45,48H,1H2,(H,47,49)/b4-3-,31-18+. The quantitative estimate of drug-likeness (QED) is 0.170. The van der Waals surface area contributed by atoms with Gasteiger partial charge < -0.3 is 9.88 Å². The van der Waals surface area contributed by atoms with Gasteiger partial charge in [0.15, 0.2) is 6.29 Å². The lowest BCUT2D eigenvalue weighted by Crippen LogP contribution is -2.46. The summed E-state index contributed by atoms with van der Waals surface area (Å²) in [4.78, 5) is 5.47.